The number of aromatic nitrogens is 2. The molecule has 1 aliphatic carbocycles. The van der Waals surface area contributed by atoms with Crippen molar-refractivity contribution in [2.24, 2.45) is 0 Å². The minimum atomic E-state index is 0.957. The van der Waals surface area contributed by atoms with Crippen LogP contribution in [0.15, 0.2) is 42.6 Å². The summed E-state index contributed by atoms with van der Waals surface area (Å²) in [7, 11) is 0. The number of hydrogen-bond donors (Lipinski definition) is 1. The zero-order chi connectivity index (χ0) is 8.67. The van der Waals surface area contributed by atoms with E-state index in [-0.39, 0.29) is 0 Å². The number of nitrogens with zero attached hydrogens (tertiary/aromatic N) is 1. The van der Waals surface area contributed by atoms with Crippen LogP contribution in [0.4, 0.5) is 0 Å². The van der Waals surface area contributed by atoms with Crippen molar-refractivity contribution in [1.29, 1.82) is 0 Å². The van der Waals surface area contributed by atoms with Crippen LogP contribution in [0.5, 0.6) is 0 Å². The molecule has 0 aliphatic heterocycles. The van der Waals surface area contributed by atoms with E-state index in [9.17, 15) is 0 Å². The number of nitrogens with one attached hydrogen (secondary N) is 1. The maximum Gasteiger partial charge on any atom is 0.137 e. The highest BCUT2D eigenvalue weighted by atomic mass is 14.9. The van der Waals surface area contributed by atoms with Crippen LogP contribution in [-0.2, 0) is 0 Å². The van der Waals surface area contributed by atoms with E-state index in [2.05, 4.69) is 34.3 Å². The molecule has 0 amide bonds. The molecule has 0 saturated carbocycles. The largest absolute Gasteiger partial charge is 0.339 e. The molecule has 3 rings (SSSR count). The molecule has 62 valence electrons. The Morgan fingerprint density at radius 3 is 2.92 bits per heavy atom. The molecule has 2 aromatic heterocycles. The standard InChI is InChI=1S/C11H8N2/c1-3-8(4-1)10-7-9-5-2-6-12-11(9)13-10/h1-7H,(H,12,13). The van der Waals surface area contributed by atoms with Gasteiger partial charge in [0.15, 0.2) is 0 Å². The highest BCUT2D eigenvalue weighted by molar-refractivity contribution is 5.87. The number of pyridine rings is 1. The molecular formula is C11H8N2. The zero-order valence-corrected chi connectivity index (χ0v) is 6.99. The molecule has 0 aromatic carbocycles. The topological polar surface area (TPSA) is 28.7 Å². The van der Waals surface area contributed by atoms with E-state index in [0.29, 0.717) is 0 Å². The van der Waals surface area contributed by atoms with Crippen LogP contribution in [0.3, 0.4) is 0 Å². The molecule has 0 bridgehead atoms. The SMILES string of the molecule is C1=CC(c2cc3cccnc3[nH]2)=C1. The van der Waals surface area contributed by atoms with Crippen LogP contribution in [0.1, 0.15) is 5.69 Å². The van der Waals surface area contributed by atoms with Gasteiger partial charge in [-0.1, -0.05) is 18.2 Å². The van der Waals surface area contributed by atoms with Gasteiger partial charge in [0.2, 0.25) is 0 Å². The van der Waals surface area contributed by atoms with Crippen molar-refractivity contribution < 1.29 is 0 Å². The quantitative estimate of drug-likeness (QED) is 0.696. The van der Waals surface area contributed by atoms with E-state index in [1.165, 1.54) is 11.0 Å². The molecule has 2 nitrogen and oxygen atoms in total. The lowest BCUT2D eigenvalue weighted by Crippen LogP contribution is -1.85. The smallest absolute Gasteiger partial charge is 0.137 e. The van der Waals surface area contributed by atoms with Crippen LogP contribution in [0.2, 0.25) is 0 Å². The molecule has 0 atom stereocenters. The molecule has 2 aromatic rings. The summed E-state index contributed by atoms with van der Waals surface area (Å²) in [5, 5.41) is 1.17. The highest BCUT2D eigenvalue weighted by Gasteiger charge is 2.05. The first-order valence-corrected chi connectivity index (χ1v) is 4.26. The van der Waals surface area contributed by atoms with Crippen molar-refractivity contribution in [1.82, 2.24) is 9.97 Å². The van der Waals surface area contributed by atoms with E-state index < -0.39 is 0 Å². The number of aromatic amines is 1. The number of fused-ring (bicyclic) bond motifs is 1. The van der Waals surface area contributed by atoms with E-state index in [1.807, 2.05) is 12.1 Å². The normalized spacial score (nSPS) is 14.3. The van der Waals surface area contributed by atoms with Gasteiger partial charge >= 0.3 is 0 Å². The number of rotatable bonds is 1. The molecule has 2 heteroatoms. The average Bonchev–Trinajstić information content (AvgIpc) is 2.43. The predicted molar refractivity (Wildman–Crippen MR) is 53.2 cm³/mol. The Hall–Kier alpha value is -1.83. The molecule has 0 radical (unpaired) electrons. The summed E-state index contributed by atoms with van der Waals surface area (Å²) in [6.45, 7) is 0. The summed E-state index contributed by atoms with van der Waals surface area (Å²) < 4.78 is 0. The van der Waals surface area contributed by atoms with Gasteiger partial charge in [-0.05, 0) is 23.8 Å². The monoisotopic (exact) mass is 168 g/mol. The van der Waals surface area contributed by atoms with Crippen LogP contribution < -0.4 is 0 Å². The summed E-state index contributed by atoms with van der Waals surface area (Å²) in [5.74, 6) is 0. The Morgan fingerprint density at radius 2 is 2.23 bits per heavy atom. The fraction of sp³-hybridized carbons (Fsp3) is 0. The molecule has 0 saturated heterocycles. The Balaban J connectivity index is 2.22. The van der Waals surface area contributed by atoms with Crippen molar-refractivity contribution in [3.63, 3.8) is 0 Å². The van der Waals surface area contributed by atoms with Gasteiger partial charge in [-0.25, -0.2) is 4.98 Å². The van der Waals surface area contributed by atoms with Crippen molar-refractivity contribution in [2.45, 2.75) is 0 Å². The van der Waals surface area contributed by atoms with Gasteiger partial charge in [0.25, 0.3) is 0 Å². The summed E-state index contributed by atoms with van der Waals surface area (Å²) in [4.78, 5) is 7.50. The zero-order valence-electron chi connectivity index (χ0n) is 6.99. The number of allylic oxidation sites excluding steroid dienone is 4. The molecule has 13 heavy (non-hydrogen) atoms. The number of H-pyrrole nitrogens is 1. The van der Waals surface area contributed by atoms with Crippen molar-refractivity contribution in [3.8, 4) is 0 Å². The summed E-state index contributed by atoms with van der Waals surface area (Å²) >= 11 is 0. The van der Waals surface area contributed by atoms with Gasteiger partial charge in [-0.3, -0.25) is 0 Å². The van der Waals surface area contributed by atoms with Crippen LogP contribution in [-0.4, -0.2) is 9.97 Å². The first-order chi connectivity index (χ1) is 6.43. The first-order valence-electron chi connectivity index (χ1n) is 4.26. The van der Waals surface area contributed by atoms with Gasteiger partial charge in [0.1, 0.15) is 5.65 Å². The molecule has 0 unspecified atom stereocenters. The average molecular weight is 168 g/mol. The van der Waals surface area contributed by atoms with Crippen LogP contribution >= 0.6 is 0 Å². The third-order valence-corrected chi connectivity index (χ3v) is 2.25. The Labute approximate surface area is 75.6 Å². The fourth-order valence-electron chi connectivity index (χ4n) is 1.49. The van der Waals surface area contributed by atoms with Gasteiger partial charge in [0, 0.05) is 17.3 Å². The summed E-state index contributed by atoms with van der Waals surface area (Å²) in [6.07, 6.45) is 8.01. The lowest BCUT2D eigenvalue weighted by Gasteiger charge is -2.02. The van der Waals surface area contributed by atoms with E-state index in [4.69, 9.17) is 0 Å². The lowest BCUT2D eigenvalue weighted by molar-refractivity contribution is 1.30. The molecule has 1 N–H and O–H groups in total. The summed E-state index contributed by atoms with van der Waals surface area (Å²) in [5.41, 5.74) is 3.35. The molecule has 1 aliphatic rings. The van der Waals surface area contributed by atoms with Gasteiger partial charge < -0.3 is 4.98 Å². The van der Waals surface area contributed by atoms with E-state index in [1.54, 1.807) is 6.20 Å². The molecule has 0 spiro atoms. The Bertz CT molecular complexity index is 485. The minimum Gasteiger partial charge on any atom is -0.339 e. The van der Waals surface area contributed by atoms with Crippen molar-refractivity contribution >= 4 is 16.6 Å². The maximum atomic E-state index is 4.24. The second-order valence-electron chi connectivity index (χ2n) is 3.11. The molecule has 2 heterocycles. The highest BCUT2D eigenvalue weighted by Crippen LogP contribution is 2.23. The molecular weight excluding hydrogens is 160 g/mol. The first kappa shape index (κ1) is 6.66. The Kier molecular flexibility index (Phi) is 1.19. The third kappa shape index (κ3) is 0.920. The second kappa shape index (κ2) is 2.33. The summed E-state index contributed by atoms with van der Waals surface area (Å²) in [6, 6.07) is 6.13. The van der Waals surface area contributed by atoms with Gasteiger partial charge in [-0.15, -0.1) is 0 Å². The maximum absolute atomic E-state index is 4.24. The van der Waals surface area contributed by atoms with Crippen molar-refractivity contribution in [2.75, 3.05) is 0 Å². The minimum absolute atomic E-state index is 0.957. The molecule has 0 fully saturated rings. The number of hydrogen-bond acceptors (Lipinski definition) is 1. The van der Waals surface area contributed by atoms with Crippen LogP contribution in [0.25, 0.3) is 16.6 Å². The van der Waals surface area contributed by atoms with Gasteiger partial charge in [-0.2, -0.15) is 0 Å². The van der Waals surface area contributed by atoms with Crippen LogP contribution in [0, 0.1) is 0 Å². The fourth-order valence-corrected chi connectivity index (χ4v) is 1.49. The lowest BCUT2D eigenvalue weighted by atomic mass is 10.1. The Morgan fingerprint density at radius 1 is 1.31 bits per heavy atom. The van der Waals surface area contributed by atoms with Gasteiger partial charge in [0.05, 0.1) is 0 Å². The third-order valence-electron chi connectivity index (χ3n) is 2.25. The van der Waals surface area contributed by atoms with E-state index >= 15 is 0 Å². The van der Waals surface area contributed by atoms with Crippen molar-refractivity contribution in [3.05, 3.63) is 48.3 Å². The predicted octanol–water partition coefficient (Wildman–Crippen LogP) is 2.52. The van der Waals surface area contributed by atoms with E-state index in [0.717, 1.165) is 11.3 Å². The second-order valence-corrected chi connectivity index (χ2v) is 3.11.